The Morgan fingerprint density at radius 1 is 1.07 bits per heavy atom. The molecule has 2 amide bonds. The van der Waals surface area contributed by atoms with Crippen LogP contribution in [-0.2, 0) is 15.0 Å². The van der Waals surface area contributed by atoms with Crippen LogP contribution in [-0.4, -0.2) is 18.4 Å². The topological polar surface area (TPSA) is 49.4 Å². The lowest BCUT2D eigenvalue weighted by Gasteiger charge is -2.20. The summed E-state index contributed by atoms with van der Waals surface area (Å²) in [7, 11) is 0. The molecule has 142 valence electrons. The molecule has 0 aliphatic carbocycles. The number of carbonyl (C=O) groups is 2. The van der Waals surface area contributed by atoms with Gasteiger partial charge in [-0.15, -0.1) is 0 Å². The number of rotatable bonds is 3. The molecule has 4 heteroatoms. The van der Waals surface area contributed by atoms with Crippen molar-refractivity contribution in [3.8, 4) is 0 Å². The van der Waals surface area contributed by atoms with Crippen molar-refractivity contribution >= 4 is 23.2 Å². The summed E-state index contributed by atoms with van der Waals surface area (Å²) in [6.07, 6.45) is 0.249. The molecule has 2 aromatic rings. The molecule has 0 spiro atoms. The summed E-state index contributed by atoms with van der Waals surface area (Å²) in [4.78, 5) is 26.9. The molecule has 0 saturated carbocycles. The number of amides is 2. The zero-order valence-electron chi connectivity index (χ0n) is 16.8. The Kier molecular flexibility index (Phi) is 5.09. The van der Waals surface area contributed by atoms with Crippen LogP contribution in [0, 0.1) is 19.8 Å². The lowest BCUT2D eigenvalue weighted by Crippen LogP contribution is -2.28. The van der Waals surface area contributed by atoms with E-state index in [9.17, 15) is 9.59 Å². The average molecular weight is 364 g/mol. The van der Waals surface area contributed by atoms with Crippen LogP contribution in [0.5, 0.6) is 0 Å². The molecule has 1 aliphatic rings. The van der Waals surface area contributed by atoms with Gasteiger partial charge in [-0.3, -0.25) is 9.59 Å². The molecule has 1 fully saturated rings. The summed E-state index contributed by atoms with van der Waals surface area (Å²) < 4.78 is 0. The fourth-order valence-electron chi connectivity index (χ4n) is 3.44. The second-order valence-corrected chi connectivity index (χ2v) is 8.44. The van der Waals surface area contributed by atoms with Crippen LogP contribution in [0.3, 0.4) is 0 Å². The van der Waals surface area contributed by atoms with Crippen LogP contribution in [0.4, 0.5) is 11.4 Å². The molecule has 1 heterocycles. The fraction of sp³-hybridized carbons (Fsp3) is 0.391. The van der Waals surface area contributed by atoms with E-state index < -0.39 is 0 Å². The highest BCUT2D eigenvalue weighted by Crippen LogP contribution is 2.30. The maximum atomic E-state index is 12.7. The van der Waals surface area contributed by atoms with Crippen molar-refractivity contribution in [3.05, 3.63) is 59.2 Å². The van der Waals surface area contributed by atoms with Gasteiger partial charge in [0, 0.05) is 24.3 Å². The molecular weight excluding hydrogens is 336 g/mol. The van der Waals surface area contributed by atoms with E-state index in [2.05, 4.69) is 26.1 Å². The molecule has 3 rings (SSSR count). The van der Waals surface area contributed by atoms with Crippen molar-refractivity contribution in [3.63, 3.8) is 0 Å². The molecule has 2 aromatic carbocycles. The fourth-order valence-corrected chi connectivity index (χ4v) is 3.44. The van der Waals surface area contributed by atoms with E-state index in [4.69, 9.17) is 0 Å². The number of nitrogens with zero attached hydrogens (tertiary/aromatic N) is 1. The first-order valence-electron chi connectivity index (χ1n) is 9.45. The smallest absolute Gasteiger partial charge is 0.229 e. The van der Waals surface area contributed by atoms with Gasteiger partial charge >= 0.3 is 0 Å². The van der Waals surface area contributed by atoms with Gasteiger partial charge in [0.15, 0.2) is 0 Å². The lowest BCUT2D eigenvalue weighted by atomic mass is 9.87. The number of carbonyl (C=O) groups excluding carboxylic acids is 2. The predicted octanol–water partition coefficient (Wildman–Crippen LogP) is 4.59. The molecule has 0 unspecified atom stereocenters. The minimum atomic E-state index is -0.334. The highest BCUT2D eigenvalue weighted by molar-refractivity contribution is 6.03. The van der Waals surface area contributed by atoms with E-state index in [0.717, 1.165) is 22.5 Å². The van der Waals surface area contributed by atoms with Crippen LogP contribution >= 0.6 is 0 Å². The third-order valence-electron chi connectivity index (χ3n) is 5.38. The molecule has 0 radical (unpaired) electrons. The number of benzene rings is 2. The first-order valence-corrected chi connectivity index (χ1v) is 9.45. The van der Waals surface area contributed by atoms with Gasteiger partial charge in [0.2, 0.25) is 11.8 Å². The zero-order chi connectivity index (χ0) is 19.8. The molecule has 0 aromatic heterocycles. The standard InChI is InChI=1S/C23H28N2O2/c1-15-7-6-8-20(16(15)2)25-14-17(13-21(25)26)22(27)24-19-11-9-18(10-12-19)23(3,4)5/h6-12,17H,13-14H2,1-5H3,(H,24,27)/t17-/m0/s1. The maximum absolute atomic E-state index is 12.7. The van der Waals surface area contributed by atoms with Gasteiger partial charge < -0.3 is 10.2 Å². The Balaban J connectivity index is 1.70. The highest BCUT2D eigenvalue weighted by Gasteiger charge is 2.35. The van der Waals surface area contributed by atoms with Crippen LogP contribution in [0.15, 0.2) is 42.5 Å². The van der Waals surface area contributed by atoms with Crippen molar-refractivity contribution in [1.29, 1.82) is 0 Å². The van der Waals surface area contributed by atoms with Crippen molar-refractivity contribution in [2.45, 2.75) is 46.5 Å². The quantitative estimate of drug-likeness (QED) is 0.866. The Hall–Kier alpha value is -2.62. The molecule has 1 atom stereocenters. The summed E-state index contributed by atoms with van der Waals surface area (Å²) >= 11 is 0. The highest BCUT2D eigenvalue weighted by atomic mass is 16.2. The van der Waals surface area contributed by atoms with Gasteiger partial charge in [0.25, 0.3) is 0 Å². The van der Waals surface area contributed by atoms with Crippen molar-refractivity contribution in [2.75, 3.05) is 16.8 Å². The Labute approximate surface area is 161 Å². The molecule has 1 saturated heterocycles. The lowest BCUT2D eigenvalue weighted by molar-refractivity contribution is -0.122. The minimum Gasteiger partial charge on any atom is -0.326 e. The maximum Gasteiger partial charge on any atom is 0.229 e. The Morgan fingerprint density at radius 2 is 1.74 bits per heavy atom. The van der Waals surface area contributed by atoms with E-state index in [1.165, 1.54) is 5.56 Å². The third-order valence-corrected chi connectivity index (χ3v) is 5.38. The first-order chi connectivity index (χ1) is 12.7. The molecule has 1 N–H and O–H groups in total. The van der Waals surface area contributed by atoms with E-state index in [1.54, 1.807) is 4.90 Å². The number of aryl methyl sites for hydroxylation is 1. The van der Waals surface area contributed by atoms with Gasteiger partial charge in [-0.25, -0.2) is 0 Å². The van der Waals surface area contributed by atoms with Gasteiger partial charge in [-0.2, -0.15) is 0 Å². The van der Waals surface area contributed by atoms with Gasteiger partial charge in [-0.05, 0) is 54.2 Å². The second kappa shape index (κ2) is 7.18. The molecule has 4 nitrogen and oxygen atoms in total. The zero-order valence-corrected chi connectivity index (χ0v) is 16.8. The van der Waals surface area contributed by atoms with Gasteiger partial charge in [0.05, 0.1) is 5.92 Å². The normalized spacial score (nSPS) is 17.3. The third kappa shape index (κ3) is 4.05. The summed E-state index contributed by atoms with van der Waals surface area (Å²) in [5.41, 5.74) is 5.21. The second-order valence-electron chi connectivity index (χ2n) is 8.44. The van der Waals surface area contributed by atoms with E-state index >= 15 is 0 Å². The largest absolute Gasteiger partial charge is 0.326 e. The summed E-state index contributed by atoms with van der Waals surface area (Å²) in [6, 6.07) is 13.9. The molecule has 1 aliphatic heterocycles. The number of hydrogen-bond donors (Lipinski definition) is 1. The molecule has 0 bridgehead atoms. The number of anilines is 2. The minimum absolute atomic E-state index is 0.00642. The summed E-state index contributed by atoms with van der Waals surface area (Å²) in [5.74, 6) is -0.425. The van der Waals surface area contributed by atoms with Crippen molar-refractivity contribution < 1.29 is 9.59 Å². The summed E-state index contributed by atoms with van der Waals surface area (Å²) in [5, 5.41) is 2.96. The van der Waals surface area contributed by atoms with E-state index in [0.29, 0.717) is 6.54 Å². The van der Waals surface area contributed by atoms with Crippen LogP contribution in [0.2, 0.25) is 0 Å². The van der Waals surface area contributed by atoms with Crippen LogP contribution in [0.1, 0.15) is 43.9 Å². The van der Waals surface area contributed by atoms with Gasteiger partial charge in [0.1, 0.15) is 0 Å². The Morgan fingerprint density at radius 3 is 2.37 bits per heavy atom. The van der Waals surface area contributed by atoms with Crippen molar-refractivity contribution in [1.82, 2.24) is 0 Å². The van der Waals surface area contributed by atoms with Crippen LogP contribution in [0.25, 0.3) is 0 Å². The molecular formula is C23H28N2O2. The van der Waals surface area contributed by atoms with Crippen LogP contribution < -0.4 is 10.2 Å². The molecule has 27 heavy (non-hydrogen) atoms. The number of hydrogen-bond acceptors (Lipinski definition) is 2. The number of nitrogens with one attached hydrogen (secondary N) is 1. The first kappa shape index (κ1) is 19.2. The van der Waals surface area contributed by atoms with E-state index in [-0.39, 0.29) is 29.6 Å². The predicted molar refractivity (Wildman–Crippen MR) is 110 cm³/mol. The SMILES string of the molecule is Cc1cccc(N2C[C@@H](C(=O)Nc3ccc(C(C)(C)C)cc3)CC2=O)c1C. The summed E-state index contributed by atoms with van der Waals surface area (Å²) in [6.45, 7) is 11.0. The van der Waals surface area contributed by atoms with Gasteiger partial charge in [-0.1, -0.05) is 45.0 Å². The van der Waals surface area contributed by atoms with Crippen molar-refractivity contribution in [2.24, 2.45) is 5.92 Å². The van der Waals surface area contributed by atoms with E-state index in [1.807, 2.05) is 56.3 Å². The average Bonchev–Trinajstić information content (AvgIpc) is 2.99. The Bertz CT molecular complexity index is 863. The monoisotopic (exact) mass is 364 g/mol.